The zero-order valence-corrected chi connectivity index (χ0v) is 10.3. The maximum atomic E-state index is 11.0. The van der Waals surface area contributed by atoms with Gasteiger partial charge in [-0.25, -0.2) is 0 Å². The summed E-state index contributed by atoms with van der Waals surface area (Å²) in [5.41, 5.74) is -0.925. The first-order valence-corrected chi connectivity index (χ1v) is 5.69. The van der Waals surface area contributed by atoms with Gasteiger partial charge in [-0.05, 0) is 0 Å². The van der Waals surface area contributed by atoms with E-state index in [2.05, 4.69) is 0 Å². The largest absolute Gasteiger partial charge is 0.463 e. The van der Waals surface area contributed by atoms with E-state index in [1.54, 1.807) is 0 Å². The number of carbonyl (C=O) groups excluding carboxylic acids is 2. The molecule has 2 aliphatic rings. The molecule has 7 nitrogen and oxygen atoms in total. The number of aliphatic hydroxyl groups is 1. The van der Waals surface area contributed by atoms with Crippen molar-refractivity contribution in [3.05, 3.63) is 0 Å². The molecule has 0 radical (unpaired) electrons. The normalized spacial score (nSPS) is 38.3. The summed E-state index contributed by atoms with van der Waals surface area (Å²) in [5.74, 6) is -1.28. The molecule has 0 aromatic rings. The van der Waals surface area contributed by atoms with Gasteiger partial charge in [-0.2, -0.15) is 0 Å². The van der Waals surface area contributed by atoms with Gasteiger partial charge in [-0.15, -0.1) is 0 Å². The Morgan fingerprint density at radius 1 is 1.39 bits per heavy atom. The summed E-state index contributed by atoms with van der Waals surface area (Å²) < 4.78 is 20.7. The van der Waals surface area contributed by atoms with Crippen molar-refractivity contribution in [1.82, 2.24) is 0 Å². The van der Waals surface area contributed by atoms with Gasteiger partial charge in [0.2, 0.25) is 0 Å². The van der Waals surface area contributed by atoms with E-state index in [0.29, 0.717) is 0 Å². The molecule has 7 heteroatoms. The first-order valence-electron chi connectivity index (χ1n) is 5.69. The van der Waals surface area contributed by atoms with Gasteiger partial charge in [0.15, 0.2) is 12.4 Å². The summed E-state index contributed by atoms with van der Waals surface area (Å²) in [4.78, 5) is 21.8. The number of esters is 2. The minimum Gasteiger partial charge on any atom is -0.463 e. The number of hydrogen-bond acceptors (Lipinski definition) is 7. The van der Waals surface area contributed by atoms with Crippen molar-refractivity contribution < 1.29 is 33.6 Å². The van der Waals surface area contributed by atoms with Crippen LogP contribution in [0.5, 0.6) is 0 Å². The minimum absolute atomic E-state index is 0.0260. The van der Waals surface area contributed by atoms with Gasteiger partial charge in [0.25, 0.3) is 0 Å². The van der Waals surface area contributed by atoms with Crippen LogP contribution in [0.2, 0.25) is 0 Å². The van der Waals surface area contributed by atoms with E-state index in [1.165, 1.54) is 13.8 Å². The second-order valence-corrected chi connectivity index (χ2v) is 4.55. The number of aliphatic hydroxyl groups excluding tert-OH is 1. The predicted molar refractivity (Wildman–Crippen MR) is 56.3 cm³/mol. The Balaban J connectivity index is 2.11. The van der Waals surface area contributed by atoms with Crippen LogP contribution >= 0.6 is 0 Å². The topological polar surface area (TPSA) is 91.3 Å². The van der Waals surface area contributed by atoms with Crippen LogP contribution in [0, 0.1) is 5.92 Å². The second kappa shape index (κ2) is 4.83. The molecule has 18 heavy (non-hydrogen) atoms. The molecule has 4 atom stereocenters. The van der Waals surface area contributed by atoms with E-state index in [4.69, 9.17) is 18.9 Å². The third kappa shape index (κ3) is 2.33. The van der Waals surface area contributed by atoms with Gasteiger partial charge >= 0.3 is 11.9 Å². The number of ether oxygens (including phenoxy) is 4. The highest BCUT2D eigenvalue weighted by atomic mass is 16.7. The zero-order chi connectivity index (χ0) is 13.3. The second-order valence-electron chi connectivity index (χ2n) is 4.55. The number of hydrogen-bond donors (Lipinski definition) is 1. The molecule has 0 aliphatic carbocycles. The summed E-state index contributed by atoms with van der Waals surface area (Å²) >= 11 is 0. The van der Waals surface area contributed by atoms with E-state index in [1.807, 2.05) is 0 Å². The molecule has 2 rings (SSSR count). The maximum absolute atomic E-state index is 11.0. The maximum Gasteiger partial charge on any atom is 0.303 e. The van der Waals surface area contributed by atoms with Crippen molar-refractivity contribution in [3.63, 3.8) is 0 Å². The van der Waals surface area contributed by atoms with Crippen LogP contribution in [0.4, 0.5) is 0 Å². The average molecular weight is 260 g/mol. The lowest BCUT2D eigenvalue weighted by Gasteiger charge is -2.25. The Bertz CT molecular complexity index is 355. The van der Waals surface area contributed by atoms with Crippen molar-refractivity contribution in [3.8, 4) is 0 Å². The first-order chi connectivity index (χ1) is 8.44. The van der Waals surface area contributed by atoms with Crippen molar-refractivity contribution in [2.24, 2.45) is 5.92 Å². The van der Waals surface area contributed by atoms with E-state index in [-0.39, 0.29) is 25.7 Å². The number of rotatable bonds is 3. The molecular weight excluding hydrogens is 244 g/mol. The van der Waals surface area contributed by atoms with E-state index < -0.39 is 29.9 Å². The zero-order valence-electron chi connectivity index (χ0n) is 10.3. The van der Waals surface area contributed by atoms with Crippen LogP contribution in [0.15, 0.2) is 0 Å². The summed E-state index contributed by atoms with van der Waals surface area (Å²) in [6.07, 6.45) is -2.01. The van der Waals surface area contributed by atoms with Crippen molar-refractivity contribution in [1.29, 1.82) is 0 Å². The minimum atomic E-state index is -1.22. The number of fused-ring (bicyclic) bond motifs is 1. The third-order valence-corrected chi connectivity index (χ3v) is 3.17. The molecule has 2 saturated heterocycles. The summed E-state index contributed by atoms with van der Waals surface area (Å²) in [7, 11) is 0. The summed E-state index contributed by atoms with van der Waals surface area (Å²) in [6, 6.07) is 0. The van der Waals surface area contributed by atoms with Gasteiger partial charge in [0.1, 0.15) is 12.2 Å². The fourth-order valence-electron chi connectivity index (χ4n) is 2.38. The van der Waals surface area contributed by atoms with Crippen LogP contribution in [0.1, 0.15) is 13.8 Å². The molecule has 2 heterocycles. The van der Waals surface area contributed by atoms with Gasteiger partial charge in [-0.3, -0.25) is 9.59 Å². The summed E-state index contributed by atoms with van der Waals surface area (Å²) in [6.45, 7) is 3.00. The molecule has 102 valence electrons. The lowest BCUT2D eigenvalue weighted by atomic mass is 9.89. The molecular formula is C11H16O7. The van der Waals surface area contributed by atoms with Crippen LogP contribution in [0.25, 0.3) is 0 Å². The Morgan fingerprint density at radius 3 is 2.72 bits per heavy atom. The van der Waals surface area contributed by atoms with Crippen LogP contribution in [-0.4, -0.2) is 54.9 Å². The molecule has 2 fully saturated rings. The Labute approximate surface area is 104 Å². The van der Waals surface area contributed by atoms with Gasteiger partial charge in [0, 0.05) is 13.8 Å². The van der Waals surface area contributed by atoms with Gasteiger partial charge in [0.05, 0.1) is 19.1 Å². The van der Waals surface area contributed by atoms with Crippen molar-refractivity contribution >= 4 is 11.9 Å². The number of carbonyl (C=O) groups is 2. The fourth-order valence-corrected chi connectivity index (χ4v) is 2.38. The van der Waals surface area contributed by atoms with Crippen molar-refractivity contribution in [2.75, 3.05) is 19.8 Å². The summed E-state index contributed by atoms with van der Waals surface area (Å²) in [5, 5.41) is 9.78. The fraction of sp³-hybridized carbons (Fsp3) is 0.818. The van der Waals surface area contributed by atoms with Crippen LogP contribution < -0.4 is 0 Å². The van der Waals surface area contributed by atoms with Crippen LogP contribution in [0.3, 0.4) is 0 Å². The Morgan fingerprint density at radius 2 is 2.11 bits per heavy atom. The molecule has 2 aliphatic heterocycles. The Hall–Kier alpha value is -1.18. The monoisotopic (exact) mass is 260 g/mol. The lowest BCUT2D eigenvalue weighted by molar-refractivity contribution is -0.194. The highest BCUT2D eigenvalue weighted by Crippen LogP contribution is 2.42. The van der Waals surface area contributed by atoms with E-state index in [9.17, 15) is 14.7 Å². The highest BCUT2D eigenvalue weighted by Gasteiger charge is 2.60. The molecule has 0 amide bonds. The van der Waals surface area contributed by atoms with E-state index in [0.717, 1.165) is 0 Å². The first kappa shape index (κ1) is 13.3. The molecule has 0 saturated carbocycles. The third-order valence-electron chi connectivity index (χ3n) is 3.17. The molecule has 1 unspecified atom stereocenters. The molecule has 0 aromatic heterocycles. The molecule has 0 bridgehead atoms. The standard InChI is InChI=1S/C11H16O7/c1-6(12)16-5-11-4-15-3-8(11)9(10(14)18-11)17-7(2)13/h8-10,14H,3-5H2,1-2H3/t8-,9+,10?,11+/m0/s1. The molecule has 0 aromatic carbocycles. The van der Waals surface area contributed by atoms with Crippen molar-refractivity contribution in [2.45, 2.75) is 31.8 Å². The lowest BCUT2D eigenvalue weighted by Crippen LogP contribution is -2.43. The predicted octanol–water partition coefficient (Wildman–Crippen LogP) is -0.785. The SMILES string of the molecule is CC(=O)OC[C@]12COC[C@H]1[C@@H](OC(C)=O)C(O)O2. The highest BCUT2D eigenvalue weighted by molar-refractivity contribution is 5.66. The Kier molecular flexibility index (Phi) is 3.56. The average Bonchev–Trinajstić information content (AvgIpc) is 2.75. The molecule has 0 spiro atoms. The van der Waals surface area contributed by atoms with Gasteiger partial charge in [-0.1, -0.05) is 0 Å². The molecule has 1 N–H and O–H groups in total. The van der Waals surface area contributed by atoms with E-state index >= 15 is 0 Å². The quantitative estimate of drug-likeness (QED) is 0.665. The van der Waals surface area contributed by atoms with Crippen LogP contribution in [-0.2, 0) is 28.5 Å². The van der Waals surface area contributed by atoms with Gasteiger partial charge < -0.3 is 24.1 Å². The smallest absolute Gasteiger partial charge is 0.303 e.